The Bertz CT molecular complexity index is 725. The van der Waals surface area contributed by atoms with Crippen molar-refractivity contribution in [1.82, 2.24) is 19.5 Å². The lowest BCUT2D eigenvalue weighted by Crippen LogP contribution is -2.58. The van der Waals surface area contributed by atoms with Gasteiger partial charge in [-0.3, -0.25) is 4.57 Å². The molecule has 4 atom stereocenters. The molecule has 6 N–H and O–H groups in total. The molecule has 11 heteroatoms. The van der Waals surface area contributed by atoms with E-state index in [1.165, 1.54) is 17.2 Å². The van der Waals surface area contributed by atoms with Gasteiger partial charge in [0, 0.05) is 0 Å². The highest BCUT2D eigenvalue weighted by Crippen LogP contribution is 2.47. The minimum atomic E-state index is -2.55. The molecule has 2 aromatic heterocycles. The van der Waals surface area contributed by atoms with E-state index in [-0.39, 0.29) is 23.4 Å². The molecule has 0 bridgehead atoms. The van der Waals surface area contributed by atoms with E-state index >= 15 is 0 Å². The SMILES string of the molecule is CC[C@@]1(n2cnc3c(N)ncnc32)O[C@H](CO)[C@@H](O)[C@@]1(O)OO. The Morgan fingerprint density at radius 3 is 2.78 bits per heavy atom. The molecule has 1 aliphatic heterocycles. The number of nitrogens with two attached hydrogens (primary N) is 1. The lowest BCUT2D eigenvalue weighted by Gasteiger charge is -2.39. The smallest absolute Gasteiger partial charge is 0.276 e. The summed E-state index contributed by atoms with van der Waals surface area (Å²) in [4.78, 5) is 16.1. The zero-order chi connectivity index (χ0) is 16.8. The standard InChI is InChI=1S/C12H17N5O6/c1-2-11(12(20,23-21)8(19)6(3-18)22-11)17-5-16-7-9(13)14-4-15-10(7)17/h4-6,8,18-21H,2-3H2,1H3,(H2,13,14,15)/t6-,8-,11-,12-/m1/s1. The third kappa shape index (κ3) is 1.89. The molecule has 3 heterocycles. The molecular weight excluding hydrogens is 310 g/mol. The van der Waals surface area contributed by atoms with Gasteiger partial charge in [-0.1, -0.05) is 6.92 Å². The number of rotatable bonds is 4. The molecule has 0 amide bonds. The van der Waals surface area contributed by atoms with Gasteiger partial charge in [0.05, 0.1) is 12.9 Å². The first-order chi connectivity index (χ1) is 10.9. The summed E-state index contributed by atoms with van der Waals surface area (Å²) in [5.74, 6) is -2.44. The largest absolute Gasteiger partial charge is 0.394 e. The minimum absolute atomic E-state index is 0.0486. The monoisotopic (exact) mass is 327 g/mol. The number of aliphatic hydroxyl groups is 3. The molecule has 11 nitrogen and oxygen atoms in total. The maximum Gasteiger partial charge on any atom is 0.276 e. The quantitative estimate of drug-likeness (QED) is 0.250. The number of aromatic nitrogens is 4. The fourth-order valence-electron chi connectivity index (χ4n) is 3.00. The average molecular weight is 327 g/mol. The van der Waals surface area contributed by atoms with Crippen LogP contribution < -0.4 is 5.73 Å². The van der Waals surface area contributed by atoms with Crippen molar-refractivity contribution >= 4 is 17.0 Å². The van der Waals surface area contributed by atoms with Crippen molar-refractivity contribution in [1.29, 1.82) is 0 Å². The molecule has 1 saturated heterocycles. The van der Waals surface area contributed by atoms with E-state index in [1.807, 2.05) is 0 Å². The molecule has 23 heavy (non-hydrogen) atoms. The maximum absolute atomic E-state index is 10.7. The second-order valence-electron chi connectivity index (χ2n) is 5.26. The van der Waals surface area contributed by atoms with Gasteiger partial charge in [0.2, 0.25) is 5.72 Å². The molecule has 0 aliphatic carbocycles. The number of imidazole rings is 1. The van der Waals surface area contributed by atoms with Crippen LogP contribution >= 0.6 is 0 Å². The molecule has 0 radical (unpaired) electrons. The van der Waals surface area contributed by atoms with E-state index in [0.717, 1.165) is 0 Å². The summed E-state index contributed by atoms with van der Waals surface area (Å²) in [6.45, 7) is 1.03. The fourth-order valence-corrected chi connectivity index (χ4v) is 3.00. The molecule has 1 fully saturated rings. The van der Waals surface area contributed by atoms with Crippen LogP contribution in [0.4, 0.5) is 5.82 Å². The highest BCUT2D eigenvalue weighted by atomic mass is 17.1. The molecule has 0 unspecified atom stereocenters. The highest BCUT2D eigenvalue weighted by molar-refractivity contribution is 5.81. The van der Waals surface area contributed by atoms with Crippen LogP contribution in [0.3, 0.4) is 0 Å². The number of hydrogen-bond donors (Lipinski definition) is 5. The lowest BCUT2D eigenvalue weighted by atomic mass is 9.95. The van der Waals surface area contributed by atoms with Gasteiger partial charge in [0.25, 0.3) is 5.79 Å². The molecule has 3 rings (SSSR count). The van der Waals surface area contributed by atoms with Crippen molar-refractivity contribution < 1.29 is 30.2 Å². The van der Waals surface area contributed by atoms with Crippen LogP contribution in [0.1, 0.15) is 13.3 Å². The van der Waals surface area contributed by atoms with E-state index in [2.05, 4.69) is 19.8 Å². The Hall–Kier alpha value is -1.89. The van der Waals surface area contributed by atoms with E-state index in [9.17, 15) is 20.6 Å². The summed E-state index contributed by atoms with van der Waals surface area (Å²) in [5.41, 5.74) is 4.41. The van der Waals surface area contributed by atoms with E-state index < -0.39 is 30.3 Å². The molecular formula is C12H17N5O6. The Kier molecular flexibility index (Phi) is 3.71. The van der Waals surface area contributed by atoms with Gasteiger partial charge in [-0.05, 0) is 6.42 Å². The summed E-state index contributed by atoms with van der Waals surface area (Å²) in [6, 6.07) is 0. The van der Waals surface area contributed by atoms with Crippen LogP contribution in [0.5, 0.6) is 0 Å². The van der Waals surface area contributed by atoms with Crippen LogP contribution in [0, 0.1) is 0 Å². The molecule has 1 aliphatic rings. The van der Waals surface area contributed by atoms with Crippen molar-refractivity contribution in [3.8, 4) is 0 Å². The Morgan fingerprint density at radius 1 is 1.43 bits per heavy atom. The second kappa shape index (κ2) is 5.33. The molecule has 0 spiro atoms. The van der Waals surface area contributed by atoms with Crippen LogP contribution in [0.15, 0.2) is 12.7 Å². The zero-order valence-corrected chi connectivity index (χ0v) is 12.2. The van der Waals surface area contributed by atoms with E-state index in [0.29, 0.717) is 0 Å². The van der Waals surface area contributed by atoms with Gasteiger partial charge in [-0.2, -0.15) is 4.89 Å². The summed E-state index contributed by atoms with van der Waals surface area (Å²) < 4.78 is 6.93. The van der Waals surface area contributed by atoms with Gasteiger partial charge < -0.3 is 25.8 Å². The van der Waals surface area contributed by atoms with E-state index in [1.54, 1.807) is 6.92 Å². The summed E-state index contributed by atoms with van der Waals surface area (Å²) in [6.07, 6.45) is -0.381. The van der Waals surface area contributed by atoms with Crippen molar-refractivity contribution in [2.45, 2.75) is 37.1 Å². The van der Waals surface area contributed by atoms with Gasteiger partial charge in [-0.15, -0.1) is 0 Å². The van der Waals surface area contributed by atoms with Gasteiger partial charge in [0.1, 0.15) is 24.1 Å². The number of hydrogen-bond acceptors (Lipinski definition) is 10. The number of aliphatic hydroxyl groups excluding tert-OH is 2. The number of ether oxygens (including phenoxy) is 1. The third-order valence-corrected chi connectivity index (χ3v) is 4.21. The van der Waals surface area contributed by atoms with Crippen molar-refractivity contribution in [2.75, 3.05) is 12.3 Å². The third-order valence-electron chi connectivity index (χ3n) is 4.21. The molecule has 126 valence electrons. The lowest BCUT2D eigenvalue weighted by molar-refractivity contribution is -0.448. The van der Waals surface area contributed by atoms with Crippen molar-refractivity contribution in [3.05, 3.63) is 12.7 Å². The predicted octanol–water partition coefficient (Wildman–Crippen LogP) is -1.60. The van der Waals surface area contributed by atoms with Gasteiger partial charge in [-0.25, -0.2) is 20.2 Å². The summed E-state index contributed by atoms with van der Waals surface area (Å²) >= 11 is 0. The molecule has 2 aromatic rings. The number of nitrogen functional groups attached to an aromatic ring is 1. The first-order valence-electron chi connectivity index (χ1n) is 6.90. The summed E-state index contributed by atoms with van der Waals surface area (Å²) in [5, 5.41) is 39.5. The Labute approximate surface area is 129 Å². The van der Waals surface area contributed by atoms with Gasteiger partial charge >= 0.3 is 0 Å². The predicted molar refractivity (Wildman–Crippen MR) is 74.6 cm³/mol. The Morgan fingerprint density at radius 2 is 2.17 bits per heavy atom. The maximum atomic E-state index is 10.7. The number of fused-ring (bicyclic) bond motifs is 1. The van der Waals surface area contributed by atoms with Crippen LogP contribution in [0.25, 0.3) is 11.2 Å². The minimum Gasteiger partial charge on any atom is -0.394 e. The highest BCUT2D eigenvalue weighted by Gasteiger charge is 2.68. The fraction of sp³-hybridized carbons (Fsp3) is 0.583. The second-order valence-corrected chi connectivity index (χ2v) is 5.26. The molecule has 0 aromatic carbocycles. The van der Waals surface area contributed by atoms with Crippen LogP contribution in [-0.2, 0) is 15.3 Å². The van der Waals surface area contributed by atoms with Crippen LogP contribution in [0.2, 0.25) is 0 Å². The van der Waals surface area contributed by atoms with E-state index in [4.69, 9.17) is 10.5 Å². The van der Waals surface area contributed by atoms with Crippen molar-refractivity contribution in [3.63, 3.8) is 0 Å². The zero-order valence-electron chi connectivity index (χ0n) is 12.2. The summed E-state index contributed by atoms with van der Waals surface area (Å²) in [7, 11) is 0. The van der Waals surface area contributed by atoms with Crippen molar-refractivity contribution in [2.24, 2.45) is 0 Å². The van der Waals surface area contributed by atoms with Gasteiger partial charge in [0.15, 0.2) is 11.5 Å². The molecule has 0 saturated carbocycles. The number of anilines is 1. The number of nitrogens with zero attached hydrogens (tertiary/aromatic N) is 4. The first kappa shape index (κ1) is 16.0. The topological polar surface area (TPSA) is 169 Å². The Balaban J connectivity index is 2.26. The normalized spacial score (nSPS) is 34.3. The van der Waals surface area contributed by atoms with Crippen LogP contribution in [-0.4, -0.2) is 64.7 Å². The average Bonchev–Trinajstić information content (AvgIpc) is 3.09. The first-order valence-corrected chi connectivity index (χ1v) is 6.90.